The normalized spacial score (nSPS) is 26.9. The first kappa shape index (κ1) is 14.6. The molecule has 1 N–H and O–H groups in total. The minimum atomic E-state index is -0.615. The highest BCUT2D eigenvalue weighted by Gasteiger charge is 2.26. The molecule has 3 heteroatoms. The molecular formula is C18H25NO2. The maximum absolute atomic E-state index is 11.0. The van der Waals surface area contributed by atoms with Crippen LogP contribution in [0.25, 0.3) is 0 Å². The third kappa shape index (κ3) is 3.65. The molecule has 3 nitrogen and oxygen atoms in total. The zero-order valence-electron chi connectivity index (χ0n) is 12.6. The summed E-state index contributed by atoms with van der Waals surface area (Å²) in [7, 11) is 0. The molecule has 0 radical (unpaired) electrons. The molecule has 0 aromatic heterocycles. The molecule has 0 bridgehead atoms. The molecule has 21 heavy (non-hydrogen) atoms. The van der Waals surface area contributed by atoms with Gasteiger partial charge in [0.15, 0.2) is 0 Å². The first-order valence-electron chi connectivity index (χ1n) is 8.26. The van der Waals surface area contributed by atoms with Crippen molar-refractivity contribution >= 4 is 5.97 Å². The van der Waals surface area contributed by atoms with Crippen molar-refractivity contribution in [2.24, 2.45) is 5.92 Å². The second kappa shape index (κ2) is 6.61. The molecule has 1 aromatic rings. The Balaban J connectivity index is 1.62. The van der Waals surface area contributed by atoms with Gasteiger partial charge in [0.25, 0.3) is 0 Å². The van der Waals surface area contributed by atoms with Gasteiger partial charge in [0.2, 0.25) is 0 Å². The molecule has 0 amide bonds. The number of aliphatic carboxylic acids is 1. The molecule has 2 fully saturated rings. The summed E-state index contributed by atoms with van der Waals surface area (Å²) in [6.45, 7) is 3.53. The predicted octanol–water partition coefficient (Wildman–Crippen LogP) is 3.64. The van der Waals surface area contributed by atoms with Crippen LogP contribution in [-0.2, 0) is 11.3 Å². The van der Waals surface area contributed by atoms with Gasteiger partial charge in [-0.15, -0.1) is 0 Å². The van der Waals surface area contributed by atoms with Crippen molar-refractivity contribution in [2.75, 3.05) is 13.1 Å². The molecule has 1 saturated carbocycles. The van der Waals surface area contributed by atoms with E-state index < -0.39 is 5.97 Å². The van der Waals surface area contributed by atoms with E-state index in [1.165, 1.54) is 37.1 Å². The van der Waals surface area contributed by atoms with E-state index in [2.05, 4.69) is 29.2 Å². The topological polar surface area (TPSA) is 40.5 Å². The highest BCUT2D eigenvalue weighted by atomic mass is 16.4. The van der Waals surface area contributed by atoms with E-state index in [0.29, 0.717) is 5.92 Å². The van der Waals surface area contributed by atoms with Crippen LogP contribution in [0.5, 0.6) is 0 Å². The Morgan fingerprint density at radius 3 is 2.52 bits per heavy atom. The van der Waals surface area contributed by atoms with Crippen molar-refractivity contribution < 1.29 is 9.90 Å². The van der Waals surface area contributed by atoms with Crippen LogP contribution in [0, 0.1) is 5.92 Å². The van der Waals surface area contributed by atoms with Crippen molar-refractivity contribution in [1.29, 1.82) is 0 Å². The van der Waals surface area contributed by atoms with Crippen LogP contribution in [0.4, 0.5) is 0 Å². The molecule has 0 spiro atoms. The summed E-state index contributed by atoms with van der Waals surface area (Å²) >= 11 is 0. The maximum atomic E-state index is 11.0. The van der Waals surface area contributed by atoms with Crippen molar-refractivity contribution in [2.45, 2.75) is 51.0 Å². The molecule has 114 valence electrons. The average molecular weight is 287 g/mol. The Hall–Kier alpha value is -1.35. The lowest BCUT2D eigenvalue weighted by Crippen LogP contribution is -2.21. The minimum Gasteiger partial charge on any atom is -0.481 e. The second-order valence-corrected chi connectivity index (χ2v) is 6.62. The van der Waals surface area contributed by atoms with Crippen molar-refractivity contribution in [1.82, 2.24) is 4.90 Å². The molecule has 0 atom stereocenters. The zero-order chi connectivity index (χ0) is 14.7. The van der Waals surface area contributed by atoms with Crippen molar-refractivity contribution in [3.8, 4) is 0 Å². The van der Waals surface area contributed by atoms with E-state index in [9.17, 15) is 4.79 Å². The van der Waals surface area contributed by atoms with Crippen LogP contribution in [0.2, 0.25) is 0 Å². The SMILES string of the molecule is O=C(O)C1CCC(c2cccc(CN3CCCC3)c2)CC1. The Morgan fingerprint density at radius 2 is 1.86 bits per heavy atom. The lowest BCUT2D eigenvalue weighted by molar-refractivity contribution is -0.142. The fourth-order valence-corrected chi connectivity index (χ4v) is 3.82. The fraction of sp³-hybridized carbons (Fsp3) is 0.611. The van der Waals surface area contributed by atoms with Gasteiger partial charge in [0, 0.05) is 6.54 Å². The Labute approximate surface area is 127 Å². The number of carboxylic acid groups (broad SMARTS) is 1. The van der Waals surface area contributed by atoms with Crippen LogP contribution in [0.15, 0.2) is 24.3 Å². The number of rotatable bonds is 4. The van der Waals surface area contributed by atoms with Gasteiger partial charge in [0.1, 0.15) is 0 Å². The zero-order valence-corrected chi connectivity index (χ0v) is 12.6. The molecule has 0 unspecified atom stereocenters. The first-order chi connectivity index (χ1) is 10.2. The van der Waals surface area contributed by atoms with Crippen LogP contribution in [0.3, 0.4) is 0 Å². The summed E-state index contributed by atoms with van der Waals surface area (Å²) in [5, 5.41) is 9.09. The van der Waals surface area contributed by atoms with Crippen LogP contribution < -0.4 is 0 Å². The Kier molecular flexibility index (Phi) is 4.59. The van der Waals surface area contributed by atoms with Crippen molar-refractivity contribution in [3.63, 3.8) is 0 Å². The minimum absolute atomic E-state index is 0.117. The van der Waals surface area contributed by atoms with E-state index in [1.807, 2.05) is 0 Å². The lowest BCUT2D eigenvalue weighted by Gasteiger charge is -2.27. The molecule has 2 aliphatic rings. The van der Waals surface area contributed by atoms with Gasteiger partial charge in [0.05, 0.1) is 5.92 Å². The number of likely N-dealkylation sites (tertiary alicyclic amines) is 1. The van der Waals surface area contributed by atoms with Crippen LogP contribution >= 0.6 is 0 Å². The fourth-order valence-electron chi connectivity index (χ4n) is 3.82. The van der Waals surface area contributed by atoms with E-state index in [1.54, 1.807) is 0 Å². The van der Waals surface area contributed by atoms with Gasteiger partial charge in [-0.25, -0.2) is 0 Å². The predicted molar refractivity (Wildman–Crippen MR) is 83.3 cm³/mol. The molecule has 1 aliphatic carbocycles. The Bertz CT molecular complexity index is 486. The first-order valence-corrected chi connectivity index (χ1v) is 8.26. The second-order valence-electron chi connectivity index (χ2n) is 6.62. The summed E-state index contributed by atoms with van der Waals surface area (Å²) in [5.41, 5.74) is 2.82. The number of nitrogens with zero attached hydrogens (tertiary/aromatic N) is 1. The molecule has 3 rings (SSSR count). The van der Waals surface area contributed by atoms with Gasteiger partial charge >= 0.3 is 5.97 Å². The van der Waals surface area contributed by atoms with Gasteiger partial charge in [-0.2, -0.15) is 0 Å². The molecule has 1 aliphatic heterocycles. The molecule has 1 heterocycles. The quantitative estimate of drug-likeness (QED) is 0.919. The summed E-state index contributed by atoms with van der Waals surface area (Å²) in [5.74, 6) is -0.176. The molecule has 1 saturated heterocycles. The number of hydrogen-bond donors (Lipinski definition) is 1. The van der Waals surface area contributed by atoms with Gasteiger partial charge in [-0.3, -0.25) is 9.69 Å². The molecule has 1 aromatic carbocycles. The van der Waals surface area contributed by atoms with Gasteiger partial charge in [-0.1, -0.05) is 24.3 Å². The standard InChI is InChI=1S/C18H25NO2/c20-18(21)16-8-6-15(7-9-16)17-5-3-4-14(12-17)13-19-10-1-2-11-19/h3-5,12,15-16H,1-2,6-11,13H2,(H,20,21). The summed E-state index contributed by atoms with van der Waals surface area (Å²) < 4.78 is 0. The average Bonchev–Trinajstić information content (AvgIpc) is 3.00. The number of carbonyl (C=O) groups is 1. The number of hydrogen-bond acceptors (Lipinski definition) is 2. The van der Waals surface area contributed by atoms with Gasteiger partial charge < -0.3 is 5.11 Å². The Morgan fingerprint density at radius 1 is 1.14 bits per heavy atom. The van der Waals surface area contributed by atoms with E-state index in [-0.39, 0.29) is 5.92 Å². The van der Waals surface area contributed by atoms with E-state index >= 15 is 0 Å². The smallest absolute Gasteiger partial charge is 0.306 e. The van der Waals surface area contributed by atoms with E-state index in [0.717, 1.165) is 32.2 Å². The molecular weight excluding hydrogens is 262 g/mol. The van der Waals surface area contributed by atoms with E-state index in [4.69, 9.17) is 5.11 Å². The summed E-state index contributed by atoms with van der Waals surface area (Å²) in [6, 6.07) is 8.97. The number of benzene rings is 1. The summed E-state index contributed by atoms with van der Waals surface area (Å²) in [6.07, 6.45) is 6.36. The highest BCUT2D eigenvalue weighted by Crippen LogP contribution is 2.36. The van der Waals surface area contributed by atoms with Crippen LogP contribution in [0.1, 0.15) is 55.6 Å². The lowest BCUT2D eigenvalue weighted by atomic mass is 9.78. The monoisotopic (exact) mass is 287 g/mol. The summed E-state index contributed by atoms with van der Waals surface area (Å²) in [4.78, 5) is 13.6. The number of carboxylic acids is 1. The van der Waals surface area contributed by atoms with Crippen molar-refractivity contribution in [3.05, 3.63) is 35.4 Å². The maximum Gasteiger partial charge on any atom is 0.306 e. The van der Waals surface area contributed by atoms with Crippen LogP contribution in [-0.4, -0.2) is 29.1 Å². The largest absolute Gasteiger partial charge is 0.481 e. The highest BCUT2D eigenvalue weighted by molar-refractivity contribution is 5.70. The van der Waals surface area contributed by atoms with Gasteiger partial charge in [-0.05, 0) is 68.7 Å². The third-order valence-electron chi connectivity index (χ3n) is 5.10. The third-order valence-corrected chi connectivity index (χ3v) is 5.10.